The largest absolute Gasteiger partial charge is 0.328 e. The van der Waals surface area contributed by atoms with Gasteiger partial charge in [-0.25, -0.2) is 9.78 Å². The Hall–Kier alpha value is -3.42. The minimum atomic E-state index is -0.552. The topological polar surface area (TPSA) is 85.6 Å². The standard InChI is InChI=1S/C22H15Cl2N5O2/c1-12(28-19-16(26-22(28)31)11-25-21(24)27-19)17-10-13-6-5-9-15(23)18(13)20(30)29(17)14-7-3-2-4-8-14/h2-12H,1H3,(H,26,31). The SMILES string of the molecule is CC(c1cc2cccc(Cl)c2c(=O)n1-c1ccccc1)n1c(=O)[nH]c2cnc(Cl)nc21. The van der Waals surface area contributed by atoms with E-state index < -0.39 is 6.04 Å². The number of benzene rings is 2. The zero-order chi connectivity index (χ0) is 21.7. The predicted molar refractivity (Wildman–Crippen MR) is 122 cm³/mol. The number of halogens is 2. The van der Waals surface area contributed by atoms with E-state index in [0.29, 0.717) is 38.3 Å². The molecule has 0 aliphatic rings. The summed E-state index contributed by atoms with van der Waals surface area (Å²) in [5.41, 5.74) is 1.43. The lowest BCUT2D eigenvalue weighted by molar-refractivity contribution is 0.595. The summed E-state index contributed by atoms with van der Waals surface area (Å²) in [5, 5.41) is 1.50. The van der Waals surface area contributed by atoms with Gasteiger partial charge >= 0.3 is 5.69 Å². The van der Waals surface area contributed by atoms with Crippen LogP contribution in [-0.2, 0) is 0 Å². The van der Waals surface area contributed by atoms with Gasteiger partial charge in [0.25, 0.3) is 5.56 Å². The van der Waals surface area contributed by atoms with Crippen LogP contribution in [0.5, 0.6) is 0 Å². The van der Waals surface area contributed by atoms with Crippen LogP contribution in [0.25, 0.3) is 27.6 Å². The Labute approximate surface area is 185 Å². The molecule has 5 aromatic rings. The molecule has 1 N–H and O–H groups in total. The first-order valence-corrected chi connectivity index (χ1v) is 10.2. The molecule has 3 aromatic heterocycles. The molecule has 0 fully saturated rings. The maximum Gasteiger partial charge on any atom is 0.328 e. The second kappa shape index (κ2) is 7.37. The van der Waals surface area contributed by atoms with Crippen molar-refractivity contribution >= 4 is 45.1 Å². The Morgan fingerprint density at radius 3 is 2.58 bits per heavy atom. The molecule has 9 heteroatoms. The maximum atomic E-state index is 13.6. The molecular formula is C22H15Cl2N5O2. The normalized spacial score (nSPS) is 12.5. The summed E-state index contributed by atoms with van der Waals surface area (Å²) < 4.78 is 3.04. The molecule has 0 aliphatic heterocycles. The lowest BCUT2D eigenvalue weighted by atomic mass is 10.1. The Bertz CT molecular complexity index is 1570. The van der Waals surface area contributed by atoms with Gasteiger partial charge in [-0.3, -0.25) is 13.9 Å². The Balaban J connectivity index is 1.87. The molecule has 2 aromatic carbocycles. The first kappa shape index (κ1) is 19.5. The van der Waals surface area contributed by atoms with Crippen LogP contribution in [0, 0.1) is 0 Å². The molecular weight excluding hydrogens is 437 g/mol. The number of imidazole rings is 1. The summed E-state index contributed by atoms with van der Waals surface area (Å²) in [4.78, 5) is 37.3. The smallest absolute Gasteiger partial charge is 0.303 e. The summed E-state index contributed by atoms with van der Waals surface area (Å²) in [6.45, 7) is 1.83. The van der Waals surface area contributed by atoms with Crippen LogP contribution in [-0.4, -0.2) is 24.1 Å². The molecule has 1 unspecified atom stereocenters. The van der Waals surface area contributed by atoms with Crippen molar-refractivity contribution in [3.8, 4) is 5.69 Å². The fourth-order valence-electron chi connectivity index (χ4n) is 3.88. The summed E-state index contributed by atoms with van der Waals surface area (Å²) >= 11 is 12.3. The third kappa shape index (κ3) is 3.13. The van der Waals surface area contributed by atoms with E-state index in [9.17, 15) is 9.59 Å². The van der Waals surface area contributed by atoms with Gasteiger partial charge in [-0.15, -0.1) is 0 Å². The van der Waals surface area contributed by atoms with E-state index in [1.165, 1.54) is 10.8 Å². The van der Waals surface area contributed by atoms with Crippen LogP contribution >= 0.6 is 23.2 Å². The third-order valence-corrected chi connectivity index (χ3v) is 5.78. The Morgan fingerprint density at radius 2 is 1.81 bits per heavy atom. The van der Waals surface area contributed by atoms with Crippen LogP contribution in [0.1, 0.15) is 18.7 Å². The molecule has 1 atom stereocenters. The second-order valence-corrected chi connectivity index (χ2v) is 7.85. The fraction of sp³-hybridized carbons (Fsp3) is 0.0909. The summed E-state index contributed by atoms with van der Waals surface area (Å²) in [7, 11) is 0. The van der Waals surface area contributed by atoms with E-state index in [-0.39, 0.29) is 16.5 Å². The van der Waals surface area contributed by atoms with Gasteiger partial charge in [-0.05, 0) is 48.2 Å². The Morgan fingerprint density at radius 1 is 1.03 bits per heavy atom. The first-order valence-electron chi connectivity index (χ1n) is 9.48. The molecule has 0 bridgehead atoms. The molecule has 154 valence electrons. The summed E-state index contributed by atoms with van der Waals surface area (Å²) in [6, 6.07) is 15.8. The maximum absolute atomic E-state index is 13.6. The van der Waals surface area contributed by atoms with E-state index in [1.807, 2.05) is 49.4 Å². The minimum Gasteiger partial charge on any atom is -0.303 e. The highest BCUT2D eigenvalue weighted by molar-refractivity contribution is 6.35. The quantitative estimate of drug-likeness (QED) is 0.413. The second-order valence-electron chi connectivity index (χ2n) is 7.10. The van der Waals surface area contributed by atoms with Crippen LogP contribution in [0.2, 0.25) is 10.3 Å². The molecule has 0 amide bonds. The van der Waals surface area contributed by atoms with E-state index in [2.05, 4.69) is 15.0 Å². The molecule has 7 nitrogen and oxygen atoms in total. The van der Waals surface area contributed by atoms with E-state index >= 15 is 0 Å². The average Bonchev–Trinajstić information content (AvgIpc) is 3.08. The van der Waals surface area contributed by atoms with Crippen molar-refractivity contribution < 1.29 is 0 Å². The van der Waals surface area contributed by atoms with Crippen molar-refractivity contribution in [2.75, 3.05) is 0 Å². The number of nitrogens with zero attached hydrogens (tertiary/aromatic N) is 4. The van der Waals surface area contributed by atoms with Gasteiger partial charge in [-0.2, -0.15) is 4.98 Å². The highest BCUT2D eigenvalue weighted by atomic mass is 35.5. The molecule has 5 rings (SSSR count). The molecule has 31 heavy (non-hydrogen) atoms. The zero-order valence-electron chi connectivity index (χ0n) is 16.2. The molecule has 0 saturated carbocycles. The number of aromatic nitrogens is 5. The van der Waals surface area contributed by atoms with E-state index in [1.54, 1.807) is 16.7 Å². The van der Waals surface area contributed by atoms with Crippen molar-refractivity contribution in [2.24, 2.45) is 0 Å². The minimum absolute atomic E-state index is 0.0261. The van der Waals surface area contributed by atoms with Gasteiger partial charge in [-0.1, -0.05) is 41.9 Å². The fourth-order valence-corrected chi connectivity index (χ4v) is 4.27. The van der Waals surface area contributed by atoms with Gasteiger partial charge in [0.1, 0.15) is 5.52 Å². The number of fused-ring (bicyclic) bond motifs is 2. The Kier molecular flexibility index (Phi) is 4.64. The van der Waals surface area contributed by atoms with Crippen LogP contribution in [0.4, 0.5) is 0 Å². The van der Waals surface area contributed by atoms with Crippen molar-refractivity contribution in [2.45, 2.75) is 13.0 Å². The summed E-state index contributed by atoms with van der Waals surface area (Å²) in [6.07, 6.45) is 1.46. The summed E-state index contributed by atoms with van der Waals surface area (Å²) in [5.74, 6) is 0. The number of hydrogen-bond acceptors (Lipinski definition) is 4. The highest BCUT2D eigenvalue weighted by Crippen LogP contribution is 2.27. The van der Waals surface area contributed by atoms with Crippen LogP contribution in [0.15, 0.2) is 70.4 Å². The molecule has 3 heterocycles. The number of aromatic amines is 1. The van der Waals surface area contributed by atoms with Crippen molar-refractivity contribution in [3.05, 3.63) is 97.6 Å². The van der Waals surface area contributed by atoms with Gasteiger partial charge < -0.3 is 4.98 Å². The average molecular weight is 452 g/mol. The van der Waals surface area contributed by atoms with E-state index in [0.717, 1.165) is 0 Å². The number of nitrogens with one attached hydrogen (secondary N) is 1. The number of pyridine rings is 1. The highest BCUT2D eigenvalue weighted by Gasteiger charge is 2.22. The molecule has 0 saturated heterocycles. The van der Waals surface area contributed by atoms with Crippen LogP contribution in [0.3, 0.4) is 0 Å². The van der Waals surface area contributed by atoms with E-state index in [4.69, 9.17) is 23.2 Å². The molecule has 0 radical (unpaired) electrons. The lowest BCUT2D eigenvalue weighted by Gasteiger charge is -2.21. The van der Waals surface area contributed by atoms with Gasteiger partial charge in [0.15, 0.2) is 5.65 Å². The van der Waals surface area contributed by atoms with Crippen molar-refractivity contribution in [1.82, 2.24) is 24.1 Å². The van der Waals surface area contributed by atoms with Gasteiger partial charge in [0.2, 0.25) is 5.28 Å². The van der Waals surface area contributed by atoms with Gasteiger partial charge in [0.05, 0.1) is 22.6 Å². The predicted octanol–water partition coefficient (Wildman–Crippen LogP) is 4.34. The molecule has 0 aliphatic carbocycles. The van der Waals surface area contributed by atoms with Crippen LogP contribution < -0.4 is 11.2 Å². The monoisotopic (exact) mass is 451 g/mol. The third-order valence-electron chi connectivity index (χ3n) is 5.28. The zero-order valence-corrected chi connectivity index (χ0v) is 17.7. The number of H-pyrrole nitrogens is 1. The van der Waals surface area contributed by atoms with Gasteiger partial charge in [0, 0.05) is 11.4 Å². The van der Waals surface area contributed by atoms with Crippen molar-refractivity contribution in [3.63, 3.8) is 0 Å². The lowest BCUT2D eigenvalue weighted by Crippen LogP contribution is -2.29. The molecule has 0 spiro atoms. The number of para-hydroxylation sites is 1. The number of hydrogen-bond donors (Lipinski definition) is 1. The number of rotatable bonds is 3. The first-order chi connectivity index (χ1) is 15.0. The van der Waals surface area contributed by atoms with Crippen molar-refractivity contribution in [1.29, 1.82) is 0 Å².